The van der Waals surface area contributed by atoms with Crippen molar-refractivity contribution in [2.75, 3.05) is 11.9 Å². The summed E-state index contributed by atoms with van der Waals surface area (Å²) in [6.45, 7) is 8.89. The van der Waals surface area contributed by atoms with Gasteiger partial charge in [0.15, 0.2) is 27.2 Å². The van der Waals surface area contributed by atoms with Gasteiger partial charge in [-0.3, -0.25) is 5.10 Å². The molecule has 0 atom stereocenters. The second-order valence-corrected chi connectivity index (χ2v) is 11.0. The minimum absolute atomic E-state index is 0.0223. The van der Waals surface area contributed by atoms with Crippen LogP contribution in [0.15, 0.2) is 24.5 Å². The highest BCUT2D eigenvalue weighted by Crippen LogP contribution is 2.37. The maximum atomic E-state index is 14.9. The fourth-order valence-electron chi connectivity index (χ4n) is 5.03. The van der Waals surface area contributed by atoms with Crippen molar-refractivity contribution in [3.8, 4) is 22.5 Å². The van der Waals surface area contributed by atoms with Crippen LogP contribution >= 0.6 is 11.3 Å². The van der Waals surface area contributed by atoms with Gasteiger partial charge >= 0.3 is 0 Å². The molecule has 174 valence electrons. The Morgan fingerprint density at radius 3 is 2.33 bits per heavy atom. The van der Waals surface area contributed by atoms with Gasteiger partial charge in [0.1, 0.15) is 5.82 Å². The van der Waals surface area contributed by atoms with Gasteiger partial charge in [-0.25, -0.2) is 18.7 Å². The van der Waals surface area contributed by atoms with Crippen LogP contribution in [-0.4, -0.2) is 49.3 Å². The van der Waals surface area contributed by atoms with E-state index < -0.39 is 11.6 Å². The van der Waals surface area contributed by atoms with Crippen molar-refractivity contribution in [1.29, 1.82) is 0 Å². The molecule has 3 N–H and O–H groups in total. The molecule has 33 heavy (non-hydrogen) atoms. The van der Waals surface area contributed by atoms with Gasteiger partial charge in [-0.1, -0.05) is 17.4 Å². The SMILES string of the molecule is CN(c1nc2[nH]c(-c3ccc(-c4cn[nH]c4)c(F)c3F)nc2s1)C1CC(C)(C)NC(C)(C)C1. The van der Waals surface area contributed by atoms with Crippen LogP contribution in [0.3, 0.4) is 0 Å². The molecule has 4 heterocycles. The smallest absolute Gasteiger partial charge is 0.189 e. The Morgan fingerprint density at radius 1 is 1.03 bits per heavy atom. The molecule has 1 saturated heterocycles. The Hall–Kier alpha value is -2.85. The molecule has 0 unspecified atom stereocenters. The number of nitrogens with zero attached hydrogens (tertiary/aromatic N) is 4. The van der Waals surface area contributed by atoms with Crippen LogP contribution < -0.4 is 10.2 Å². The van der Waals surface area contributed by atoms with Crippen molar-refractivity contribution in [1.82, 2.24) is 30.5 Å². The van der Waals surface area contributed by atoms with E-state index in [2.05, 4.69) is 65.1 Å². The number of halogens is 2. The van der Waals surface area contributed by atoms with Gasteiger partial charge in [0.05, 0.1) is 11.8 Å². The van der Waals surface area contributed by atoms with Gasteiger partial charge in [-0.15, -0.1) is 0 Å². The molecule has 1 fully saturated rings. The van der Waals surface area contributed by atoms with E-state index in [1.165, 1.54) is 35.9 Å². The predicted molar refractivity (Wildman–Crippen MR) is 127 cm³/mol. The Kier molecular flexibility index (Phi) is 5.06. The number of anilines is 1. The number of aromatic nitrogens is 5. The van der Waals surface area contributed by atoms with Crippen LogP contribution in [0.1, 0.15) is 40.5 Å². The summed E-state index contributed by atoms with van der Waals surface area (Å²) in [4.78, 5) is 15.2. The van der Waals surface area contributed by atoms with Crippen LogP contribution in [0.5, 0.6) is 0 Å². The van der Waals surface area contributed by atoms with Crippen molar-refractivity contribution in [3.63, 3.8) is 0 Å². The minimum atomic E-state index is -0.952. The highest BCUT2D eigenvalue weighted by atomic mass is 32.1. The maximum absolute atomic E-state index is 14.9. The Balaban J connectivity index is 1.43. The van der Waals surface area contributed by atoms with E-state index in [0.29, 0.717) is 22.1 Å². The Labute approximate surface area is 194 Å². The summed E-state index contributed by atoms with van der Waals surface area (Å²) in [6.07, 6.45) is 4.96. The van der Waals surface area contributed by atoms with E-state index in [4.69, 9.17) is 4.98 Å². The third-order valence-electron chi connectivity index (χ3n) is 6.21. The van der Waals surface area contributed by atoms with E-state index >= 15 is 0 Å². The largest absolute Gasteiger partial charge is 0.348 e. The molecule has 1 aromatic carbocycles. The molecule has 0 bridgehead atoms. The maximum Gasteiger partial charge on any atom is 0.189 e. The molecule has 1 aliphatic rings. The lowest BCUT2D eigenvalue weighted by molar-refractivity contribution is 0.161. The number of H-pyrrole nitrogens is 2. The molecule has 3 aromatic heterocycles. The number of benzene rings is 1. The fourth-order valence-corrected chi connectivity index (χ4v) is 5.96. The summed E-state index contributed by atoms with van der Waals surface area (Å²) in [5.41, 5.74) is 1.32. The zero-order valence-electron chi connectivity index (χ0n) is 19.3. The first-order chi connectivity index (χ1) is 15.5. The second-order valence-electron chi connectivity index (χ2n) is 10.1. The fraction of sp³-hybridized carbons (Fsp3) is 0.435. The lowest BCUT2D eigenvalue weighted by Gasteiger charge is -2.48. The highest BCUT2D eigenvalue weighted by molar-refractivity contribution is 7.21. The molecule has 0 spiro atoms. The van der Waals surface area contributed by atoms with Crippen molar-refractivity contribution >= 4 is 26.9 Å². The number of fused-ring (bicyclic) bond motifs is 1. The third kappa shape index (κ3) is 4.02. The molecule has 0 radical (unpaired) electrons. The third-order valence-corrected chi connectivity index (χ3v) is 7.25. The number of thiazole rings is 1. The van der Waals surface area contributed by atoms with Crippen LogP contribution in [-0.2, 0) is 0 Å². The van der Waals surface area contributed by atoms with Crippen molar-refractivity contribution < 1.29 is 8.78 Å². The van der Waals surface area contributed by atoms with Crippen molar-refractivity contribution in [2.24, 2.45) is 0 Å². The number of aromatic amines is 2. The van der Waals surface area contributed by atoms with Crippen molar-refractivity contribution in [2.45, 2.75) is 57.7 Å². The van der Waals surface area contributed by atoms with Gasteiger partial charge in [0, 0.05) is 41.5 Å². The molecule has 0 saturated carbocycles. The van der Waals surface area contributed by atoms with E-state index in [1.807, 2.05) is 0 Å². The van der Waals surface area contributed by atoms with E-state index in [-0.39, 0.29) is 28.0 Å². The standard InChI is InChI=1S/C23H27F2N7S/c1-22(2)8-13(9-23(3,4)31-22)32(5)21-30-19-20(33-21)29-18(28-19)15-7-6-14(16(24)17(15)25)12-10-26-27-11-12/h6-7,10-11,13,31H,8-9H2,1-5H3,(H,26,27)(H,28,29). The number of nitrogens with one attached hydrogen (secondary N) is 3. The number of imidazole rings is 1. The average Bonchev–Trinajstić information content (AvgIpc) is 3.43. The summed E-state index contributed by atoms with van der Waals surface area (Å²) >= 11 is 1.45. The van der Waals surface area contributed by atoms with E-state index in [1.54, 1.807) is 0 Å². The first-order valence-electron chi connectivity index (χ1n) is 10.9. The molecule has 1 aliphatic heterocycles. The van der Waals surface area contributed by atoms with Gasteiger partial charge in [-0.2, -0.15) is 5.10 Å². The molecule has 5 rings (SSSR count). The Bertz CT molecular complexity index is 1260. The first-order valence-corrected chi connectivity index (χ1v) is 11.7. The zero-order valence-corrected chi connectivity index (χ0v) is 20.1. The highest BCUT2D eigenvalue weighted by Gasteiger charge is 2.39. The lowest BCUT2D eigenvalue weighted by atomic mass is 9.79. The van der Waals surface area contributed by atoms with Crippen LogP contribution in [0, 0.1) is 11.6 Å². The lowest BCUT2D eigenvalue weighted by Crippen LogP contribution is -2.61. The molecule has 10 heteroatoms. The first kappa shape index (κ1) is 22.0. The number of hydrogen-bond donors (Lipinski definition) is 3. The van der Waals surface area contributed by atoms with Gasteiger partial charge in [0.2, 0.25) is 0 Å². The second kappa shape index (κ2) is 7.59. The number of hydrogen-bond acceptors (Lipinski definition) is 6. The van der Waals surface area contributed by atoms with E-state index in [9.17, 15) is 8.78 Å². The molecular formula is C23H27F2N7S. The summed E-state index contributed by atoms with van der Waals surface area (Å²) in [5.74, 6) is -1.62. The summed E-state index contributed by atoms with van der Waals surface area (Å²) in [6, 6.07) is 3.38. The van der Waals surface area contributed by atoms with Gasteiger partial charge < -0.3 is 15.2 Å². The normalized spacial score (nSPS) is 18.2. The zero-order chi connectivity index (χ0) is 23.5. The van der Waals surface area contributed by atoms with Crippen LogP contribution in [0.25, 0.3) is 33.0 Å². The predicted octanol–water partition coefficient (Wildman–Crippen LogP) is 5.10. The molecular weight excluding hydrogens is 444 g/mol. The van der Waals surface area contributed by atoms with Crippen LogP contribution in [0.4, 0.5) is 13.9 Å². The topological polar surface area (TPSA) is 85.5 Å². The average molecular weight is 472 g/mol. The van der Waals surface area contributed by atoms with Gasteiger partial charge in [0.25, 0.3) is 0 Å². The van der Waals surface area contributed by atoms with Crippen LogP contribution in [0.2, 0.25) is 0 Å². The minimum Gasteiger partial charge on any atom is -0.348 e. The van der Waals surface area contributed by atoms with Crippen molar-refractivity contribution in [3.05, 3.63) is 36.2 Å². The monoisotopic (exact) mass is 471 g/mol. The summed E-state index contributed by atoms with van der Waals surface area (Å²) < 4.78 is 29.6. The molecule has 4 aromatic rings. The molecule has 7 nitrogen and oxygen atoms in total. The van der Waals surface area contributed by atoms with E-state index in [0.717, 1.165) is 18.0 Å². The quantitative estimate of drug-likeness (QED) is 0.386. The summed E-state index contributed by atoms with van der Waals surface area (Å²) in [5, 5.41) is 11.0. The molecule has 0 amide bonds. The number of piperidine rings is 1. The van der Waals surface area contributed by atoms with Gasteiger partial charge in [-0.05, 0) is 46.6 Å². The number of rotatable bonds is 4. The molecule has 0 aliphatic carbocycles. The Morgan fingerprint density at radius 2 is 1.70 bits per heavy atom. The summed E-state index contributed by atoms with van der Waals surface area (Å²) in [7, 11) is 2.06.